The van der Waals surface area contributed by atoms with Crippen LogP contribution < -0.4 is 10.6 Å². The highest BCUT2D eigenvalue weighted by atomic mass is 16.5. The Morgan fingerprint density at radius 2 is 2.06 bits per heavy atom. The summed E-state index contributed by atoms with van der Waals surface area (Å²) in [6, 6.07) is 0.196. The largest absolute Gasteiger partial charge is 0.381 e. The number of carbonyl (C=O) groups is 1. The molecular formula is C13H26N2O2. The van der Waals surface area contributed by atoms with Crippen molar-refractivity contribution in [2.24, 2.45) is 11.8 Å². The van der Waals surface area contributed by atoms with Gasteiger partial charge in [0, 0.05) is 19.2 Å². The Morgan fingerprint density at radius 1 is 1.35 bits per heavy atom. The highest BCUT2D eigenvalue weighted by molar-refractivity contribution is 5.81. The van der Waals surface area contributed by atoms with Crippen molar-refractivity contribution in [3.05, 3.63) is 0 Å². The third-order valence-electron chi connectivity index (χ3n) is 3.26. The van der Waals surface area contributed by atoms with Crippen LogP contribution in [0.25, 0.3) is 0 Å². The lowest BCUT2D eigenvalue weighted by Crippen LogP contribution is -2.48. The maximum Gasteiger partial charge on any atom is 0.236 e. The van der Waals surface area contributed by atoms with Crippen molar-refractivity contribution in [3.63, 3.8) is 0 Å². The van der Waals surface area contributed by atoms with Crippen LogP contribution in [0.2, 0.25) is 0 Å². The minimum absolute atomic E-state index is 0.0875. The van der Waals surface area contributed by atoms with Gasteiger partial charge in [-0.2, -0.15) is 0 Å². The first-order chi connectivity index (χ1) is 8.00. The predicted octanol–water partition coefficient (Wildman–Crippen LogP) is 1.16. The molecule has 1 amide bonds. The molecule has 0 aromatic rings. The van der Waals surface area contributed by atoms with E-state index in [0.29, 0.717) is 17.9 Å². The smallest absolute Gasteiger partial charge is 0.236 e. The minimum Gasteiger partial charge on any atom is -0.381 e. The van der Waals surface area contributed by atoms with Gasteiger partial charge in [0.15, 0.2) is 0 Å². The summed E-state index contributed by atoms with van der Waals surface area (Å²) in [7, 11) is 0. The fraction of sp³-hybridized carbons (Fsp3) is 0.923. The normalized spacial score (nSPS) is 23.7. The van der Waals surface area contributed by atoms with Gasteiger partial charge in [0.2, 0.25) is 5.91 Å². The molecule has 0 bridgehead atoms. The van der Waals surface area contributed by atoms with Gasteiger partial charge in [-0.05, 0) is 32.1 Å². The fourth-order valence-electron chi connectivity index (χ4n) is 2.01. The molecule has 0 spiro atoms. The second-order valence-corrected chi connectivity index (χ2v) is 5.44. The first-order valence-corrected chi connectivity index (χ1v) is 6.62. The molecule has 0 radical (unpaired) electrons. The average Bonchev–Trinajstić information content (AvgIpc) is 2.78. The van der Waals surface area contributed by atoms with Crippen LogP contribution in [0.15, 0.2) is 0 Å². The van der Waals surface area contributed by atoms with Crippen LogP contribution in [-0.4, -0.2) is 37.7 Å². The molecule has 4 heteroatoms. The molecule has 17 heavy (non-hydrogen) atoms. The molecular weight excluding hydrogens is 216 g/mol. The van der Waals surface area contributed by atoms with Gasteiger partial charge in [0.25, 0.3) is 0 Å². The first kappa shape index (κ1) is 14.5. The van der Waals surface area contributed by atoms with Crippen molar-refractivity contribution in [3.8, 4) is 0 Å². The highest BCUT2D eigenvalue weighted by Gasteiger charge is 2.24. The summed E-state index contributed by atoms with van der Waals surface area (Å²) in [6.07, 6.45) is 1.09. The summed E-state index contributed by atoms with van der Waals surface area (Å²) >= 11 is 0. The van der Waals surface area contributed by atoms with E-state index in [-0.39, 0.29) is 11.9 Å². The molecule has 1 aliphatic heterocycles. The van der Waals surface area contributed by atoms with Crippen LogP contribution in [0.4, 0.5) is 0 Å². The zero-order chi connectivity index (χ0) is 12.8. The van der Waals surface area contributed by atoms with E-state index in [1.807, 2.05) is 6.92 Å². The van der Waals surface area contributed by atoms with Gasteiger partial charge in [-0.1, -0.05) is 13.8 Å². The number of nitrogens with one attached hydrogen (secondary N) is 2. The standard InChI is InChI=1S/C13H26N2O2/c1-9(2)7-14-13(16)11(4)15-10(3)12-5-6-17-8-12/h9-12,15H,5-8H2,1-4H3,(H,14,16). The highest BCUT2D eigenvalue weighted by Crippen LogP contribution is 2.16. The molecule has 1 aliphatic rings. The molecule has 2 N–H and O–H groups in total. The van der Waals surface area contributed by atoms with Gasteiger partial charge in [-0.25, -0.2) is 0 Å². The number of rotatable bonds is 6. The molecule has 4 nitrogen and oxygen atoms in total. The topological polar surface area (TPSA) is 50.4 Å². The van der Waals surface area contributed by atoms with Crippen molar-refractivity contribution in [2.45, 2.75) is 46.2 Å². The molecule has 3 atom stereocenters. The number of carbonyl (C=O) groups excluding carboxylic acids is 1. The minimum atomic E-state index is -0.135. The first-order valence-electron chi connectivity index (χ1n) is 6.62. The molecule has 0 saturated carbocycles. The molecule has 1 fully saturated rings. The van der Waals surface area contributed by atoms with Crippen LogP contribution in [0.3, 0.4) is 0 Å². The Labute approximate surface area is 104 Å². The zero-order valence-corrected chi connectivity index (χ0v) is 11.5. The molecule has 3 unspecified atom stereocenters. The molecule has 0 aromatic carbocycles. The molecule has 100 valence electrons. The van der Waals surface area contributed by atoms with Crippen LogP contribution in [0.1, 0.15) is 34.1 Å². The van der Waals surface area contributed by atoms with E-state index in [1.165, 1.54) is 0 Å². The van der Waals surface area contributed by atoms with Gasteiger partial charge in [-0.3, -0.25) is 4.79 Å². The van der Waals surface area contributed by atoms with Gasteiger partial charge in [0.05, 0.1) is 12.6 Å². The van der Waals surface area contributed by atoms with Crippen molar-refractivity contribution < 1.29 is 9.53 Å². The Kier molecular flexibility index (Phi) is 5.92. The van der Waals surface area contributed by atoms with Crippen LogP contribution in [-0.2, 0) is 9.53 Å². The maximum atomic E-state index is 11.8. The van der Waals surface area contributed by atoms with Crippen molar-refractivity contribution >= 4 is 5.91 Å². The van der Waals surface area contributed by atoms with E-state index in [2.05, 4.69) is 31.4 Å². The second kappa shape index (κ2) is 6.97. The van der Waals surface area contributed by atoms with Crippen LogP contribution >= 0.6 is 0 Å². The molecule has 0 aliphatic carbocycles. The van der Waals surface area contributed by atoms with E-state index in [1.54, 1.807) is 0 Å². The number of hydrogen-bond acceptors (Lipinski definition) is 3. The molecule has 1 heterocycles. The number of ether oxygens (including phenoxy) is 1. The Balaban J connectivity index is 2.26. The Bertz CT molecular complexity index is 238. The van der Waals surface area contributed by atoms with Gasteiger partial charge in [-0.15, -0.1) is 0 Å². The van der Waals surface area contributed by atoms with Crippen molar-refractivity contribution in [1.29, 1.82) is 0 Å². The average molecular weight is 242 g/mol. The Morgan fingerprint density at radius 3 is 2.59 bits per heavy atom. The molecule has 0 aromatic heterocycles. The summed E-state index contributed by atoms with van der Waals surface area (Å²) in [5.74, 6) is 1.12. The molecule has 1 saturated heterocycles. The second-order valence-electron chi connectivity index (χ2n) is 5.44. The van der Waals surface area contributed by atoms with Crippen LogP contribution in [0, 0.1) is 11.8 Å². The monoisotopic (exact) mass is 242 g/mol. The van der Waals surface area contributed by atoms with E-state index >= 15 is 0 Å². The quantitative estimate of drug-likeness (QED) is 0.735. The lowest BCUT2D eigenvalue weighted by Gasteiger charge is -2.23. The third-order valence-corrected chi connectivity index (χ3v) is 3.26. The lowest BCUT2D eigenvalue weighted by molar-refractivity contribution is -0.123. The number of hydrogen-bond donors (Lipinski definition) is 2. The van der Waals surface area contributed by atoms with E-state index in [0.717, 1.165) is 26.2 Å². The van der Waals surface area contributed by atoms with E-state index < -0.39 is 0 Å². The van der Waals surface area contributed by atoms with E-state index in [9.17, 15) is 4.79 Å². The fourth-order valence-corrected chi connectivity index (χ4v) is 2.01. The SMILES string of the molecule is CC(C)CNC(=O)C(C)NC(C)C1CCOC1. The zero-order valence-electron chi connectivity index (χ0n) is 11.5. The van der Waals surface area contributed by atoms with Crippen LogP contribution in [0.5, 0.6) is 0 Å². The maximum absolute atomic E-state index is 11.8. The van der Waals surface area contributed by atoms with Gasteiger partial charge in [0.1, 0.15) is 0 Å². The predicted molar refractivity (Wildman–Crippen MR) is 68.8 cm³/mol. The Hall–Kier alpha value is -0.610. The van der Waals surface area contributed by atoms with Gasteiger partial charge < -0.3 is 15.4 Å². The van der Waals surface area contributed by atoms with Gasteiger partial charge >= 0.3 is 0 Å². The summed E-state index contributed by atoms with van der Waals surface area (Å²) in [6.45, 7) is 10.6. The summed E-state index contributed by atoms with van der Waals surface area (Å²) < 4.78 is 5.36. The van der Waals surface area contributed by atoms with Crippen molar-refractivity contribution in [2.75, 3.05) is 19.8 Å². The lowest BCUT2D eigenvalue weighted by atomic mass is 10.00. The summed E-state index contributed by atoms with van der Waals surface area (Å²) in [4.78, 5) is 11.8. The summed E-state index contributed by atoms with van der Waals surface area (Å²) in [5.41, 5.74) is 0. The van der Waals surface area contributed by atoms with E-state index in [4.69, 9.17) is 4.74 Å². The van der Waals surface area contributed by atoms with Crippen molar-refractivity contribution in [1.82, 2.24) is 10.6 Å². The number of amides is 1. The summed E-state index contributed by atoms with van der Waals surface area (Å²) in [5, 5.41) is 6.30. The molecule has 1 rings (SSSR count). The third kappa shape index (κ3) is 5.04.